The molecule has 2 aromatic rings. The third-order valence-electron chi connectivity index (χ3n) is 3.08. The van der Waals surface area contributed by atoms with Gasteiger partial charge < -0.3 is 9.73 Å². The van der Waals surface area contributed by atoms with Gasteiger partial charge in [-0.25, -0.2) is 4.79 Å². The van der Waals surface area contributed by atoms with Gasteiger partial charge in [-0.15, -0.1) is 10.2 Å². The van der Waals surface area contributed by atoms with Gasteiger partial charge in [-0.3, -0.25) is 14.7 Å². The normalized spacial score (nSPS) is 11.6. The number of nitrogens with one attached hydrogen (secondary N) is 2. The van der Waals surface area contributed by atoms with Crippen LogP contribution in [-0.4, -0.2) is 38.0 Å². The second kappa shape index (κ2) is 8.39. The quantitative estimate of drug-likeness (QED) is 0.748. The average Bonchev–Trinajstić information content (AvgIpc) is 3.11. The standard InChI is InChI=1S/C17H25N5O3S/c1-11(2)9-22-14(12-7-6-8-25-12)20-21-16(22)26-10-13(23)18-15(24)19-17(3,4)5/h6-8,11H,9-10H2,1-5H3,(H2,18,19,23,24). The van der Waals surface area contributed by atoms with Gasteiger partial charge in [0.1, 0.15) is 0 Å². The maximum Gasteiger partial charge on any atom is 0.321 e. The second-order valence-electron chi connectivity index (χ2n) is 7.33. The van der Waals surface area contributed by atoms with Gasteiger partial charge in [0.25, 0.3) is 0 Å². The molecule has 0 radical (unpaired) electrons. The van der Waals surface area contributed by atoms with Crippen molar-refractivity contribution in [2.45, 2.75) is 51.9 Å². The molecule has 142 valence electrons. The van der Waals surface area contributed by atoms with E-state index in [9.17, 15) is 9.59 Å². The highest BCUT2D eigenvalue weighted by atomic mass is 32.2. The first kappa shape index (κ1) is 20.0. The maximum absolute atomic E-state index is 12.0. The second-order valence-corrected chi connectivity index (χ2v) is 8.27. The molecule has 2 aromatic heterocycles. The molecule has 9 heteroatoms. The van der Waals surface area contributed by atoms with Crippen LogP contribution in [0.2, 0.25) is 0 Å². The molecule has 8 nitrogen and oxygen atoms in total. The number of urea groups is 1. The van der Waals surface area contributed by atoms with Gasteiger partial charge in [-0.2, -0.15) is 0 Å². The van der Waals surface area contributed by atoms with Crippen molar-refractivity contribution in [2.24, 2.45) is 5.92 Å². The van der Waals surface area contributed by atoms with Crippen molar-refractivity contribution in [2.75, 3.05) is 5.75 Å². The lowest BCUT2D eigenvalue weighted by Gasteiger charge is -2.20. The third-order valence-corrected chi connectivity index (χ3v) is 4.05. The lowest BCUT2D eigenvalue weighted by molar-refractivity contribution is -0.117. The van der Waals surface area contributed by atoms with Crippen LogP contribution in [0.15, 0.2) is 28.0 Å². The summed E-state index contributed by atoms with van der Waals surface area (Å²) in [6.07, 6.45) is 1.58. The number of hydrogen-bond acceptors (Lipinski definition) is 6. The predicted octanol–water partition coefficient (Wildman–Crippen LogP) is 2.91. The Kier molecular flexibility index (Phi) is 6.47. The molecule has 0 atom stereocenters. The van der Waals surface area contributed by atoms with Crippen molar-refractivity contribution in [3.8, 4) is 11.6 Å². The number of aromatic nitrogens is 3. The van der Waals surface area contributed by atoms with Crippen LogP contribution >= 0.6 is 11.8 Å². The molecule has 2 rings (SSSR count). The number of carbonyl (C=O) groups excluding carboxylic acids is 2. The van der Waals surface area contributed by atoms with Gasteiger partial charge in [0.2, 0.25) is 5.91 Å². The zero-order valence-corrected chi connectivity index (χ0v) is 16.5. The summed E-state index contributed by atoms with van der Waals surface area (Å²) >= 11 is 1.23. The van der Waals surface area contributed by atoms with Gasteiger partial charge in [0, 0.05) is 12.1 Å². The van der Waals surface area contributed by atoms with Gasteiger partial charge in [0.05, 0.1) is 12.0 Å². The SMILES string of the molecule is CC(C)Cn1c(SCC(=O)NC(=O)NC(C)(C)C)nnc1-c1ccco1. The molecule has 0 spiro atoms. The average molecular weight is 379 g/mol. The molecule has 0 aliphatic rings. The van der Waals surface area contributed by atoms with E-state index in [1.807, 2.05) is 31.4 Å². The summed E-state index contributed by atoms with van der Waals surface area (Å²) in [5, 5.41) is 14.0. The summed E-state index contributed by atoms with van der Waals surface area (Å²) < 4.78 is 7.34. The van der Waals surface area contributed by atoms with E-state index in [1.165, 1.54) is 11.8 Å². The first-order valence-corrected chi connectivity index (χ1v) is 9.36. The minimum Gasteiger partial charge on any atom is -0.461 e. The van der Waals surface area contributed by atoms with E-state index in [-0.39, 0.29) is 5.75 Å². The van der Waals surface area contributed by atoms with Crippen LogP contribution in [0.3, 0.4) is 0 Å². The fraction of sp³-hybridized carbons (Fsp3) is 0.529. The number of rotatable bonds is 6. The van der Waals surface area contributed by atoms with Crippen LogP contribution in [-0.2, 0) is 11.3 Å². The maximum atomic E-state index is 12.0. The Morgan fingerprint density at radius 2 is 2.04 bits per heavy atom. The third kappa shape index (κ3) is 5.91. The Bertz CT molecular complexity index is 747. The topological polar surface area (TPSA) is 102 Å². The van der Waals surface area contributed by atoms with Crippen molar-refractivity contribution in [1.82, 2.24) is 25.4 Å². The summed E-state index contributed by atoms with van der Waals surface area (Å²) in [7, 11) is 0. The molecule has 0 bridgehead atoms. The lowest BCUT2D eigenvalue weighted by Crippen LogP contribution is -2.48. The van der Waals surface area contributed by atoms with Crippen LogP contribution < -0.4 is 10.6 Å². The number of furan rings is 1. The first-order valence-electron chi connectivity index (χ1n) is 8.37. The molecule has 0 aliphatic carbocycles. The van der Waals surface area contributed by atoms with E-state index in [2.05, 4.69) is 34.7 Å². The Hall–Kier alpha value is -2.29. The minimum absolute atomic E-state index is 0.0615. The van der Waals surface area contributed by atoms with E-state index in [4.69, 9.17) is 4.42 Å². The highest BCUT2D eigenvalue weighted by Crippen LogP contribution is 2.25. The minimum atomic E-state index is -0.511. The number of nitrogens with zero attached hydrogens (tertiary/aromatic N) is 3. The van der Waals surface area contributed by atoms with Gasteiger partial charge >= 0.3 is 6.03 Å². The van der Waals surface area contributed by atoms with Gasteiger partial charge in [-0.05, 0) is 38.8 Å². The van der Waals surface area contributed by atoms with Crippen molar-refractivity contribution in [3.63, 3.8) is 0 Å². The van der Waals surface area contributed by atoms with E-state index in [0.717, 1.165) is 0 Å². The summed E-state index contributed by atoms with van der Waals surface area (Å²) in [4.78, 5) is 23.8. The van der Waals surface area contributed by atoms with E-state index in [1.54, 1.807) is 12.3 Å². The molecule has 26 heavy (non-hydrogen) atoms. The fourth-order valence-electron chi connectivity index (χ4n) is 2.18. The summed E-state index contributed by atoms with van der Waals surface area (Å²) in [6.45, 7) is 10.4. The fourth-order valence-corrected chi connectivity index (χ4v) is 2.93. The zero-order valence-electron chi connectivity index (χ0n) is 15.7. The Morgan fingerprint density at radius 3 is 2.62 bits per heavy atom. The van der Waals surface area contributed by atoms with Gasteiger partial charge in [0.15, 0.2) is 16.7 Å². The number of carbonyl (C=O) groups is 2. The largest absolute Gasteiger partial charge is 0.461 e. The van der Waals surface area contributed by atoms with Crippen molar-refractivity contribution >= 4 is 23.7 Å². The molecule has 2 N–H and O–H groups in total. The van der Waals surface area contributed by atoms with Gasteiger partial charge in [-0.1, -0.05) is 25.6 Å². The molecule has 0 saturated carbocycles. The molecule has 0 unspecified atom stereocenters. The summed E-state index contributed by atoms with van der Waals surface area (Å²) in [5.41, 5.74) is -0.410. The zero-order chi connectivity index (χ0) is 19.3. The van der Waals surface area contributed by atoms with Crippen molar-refractivity contribution in [3.05, 3.63) is 18.4 Å². The first-order chi connectivity index (χ1) is 12.2. The number of amides is 3. The Labute approximate surface area is 157 Å². The van der Waals surface area contributed by atoms with Crippen LogP contribution in [0.5, 0.6) is 0 Å². The highest BCUT2D eigenvalue weighted by Gasteiger charge is 2.19. The smallest absolute Gasteiger partial charge is 0.321 e. The Balaban J connectivity index is 2.03. The van der Waals surface area contributed by atoms with E-state index < -0.39 is 17.5 Å². The molecular weight excluding hydrogens is 354 g/mol. The van der Waals surface area contributed by atoms with Crippen LogP contribution in [0, 0.1) is 5.92 Å². The van der Waals surface area contributed by atoms with Crippen molar-refractivity contribution in [1.29, 1.82) is 0 Å². The molecule has 3 amide bonds. The Morgan fingerprint density at radius 1 is 1.31 bits per heavy atom. The van der Waals surface area contributed by atoms with Crippen LogP contribution in [0.4, 0.5) is 4.79 Å². The van der Waals surface area contributed by atoms with Crippen molar-refractivity contribution < 1.29 is 14.0 Å². The van der Waals surface area contributed by atoms with E-state index in [0.29, 0.717) is 29.2 Å². The molecule has 0 saturated heterocycles. The molecule has 0 fully saturated rings. The lowest BCUT2D eigenvalue weighted by atomic mass is 10.1. The van der Waals surface area contributed by atoms with E-state index >= 15 is 0 Å². The van der Waals surface area contributed by atoms with Crippen LogP contribution in [0.1, 0.15) is 34.6 Å². The molecular formula is C17H25N5O3S. The predicted molar refractivity (Wildman–Crippen MR) is 99.7 cm³/mol. The molecule has 2 heterocycles. The molecule has 0 aromatic carbocycles. The number of thioether (sulfide) groups is 1. The number of hydrogen-bond donors (Lipinski definition) is 2. The molecule has 0 aliphatic heterocycles. The summed E-state index contributed by atoms with van der Waals surface area (Å²) in [5.74, 6) is 1.28. The van der Waals surface area contributed by atoms with Crippen LogP contribution in [0.25, 0.3) is 11.6 Å². The number of imide groups is 1. The highest BCUT2D eigenvalue weighted by molar-refractivity contribution is 7.99. The monoisotopic (exact) mass is 379 g/mol. The summed E-state index contributed by atoms with van der Waals surface area (Å²) in [6, 6.07) is 3.10.